The van der Waals surface area contributed by atoms with Crippen LogP contribution in [0.2, 0.25) is 0 Å². The molecule has 0 fully saturated rings. The Hall–Kier alpha value is -1.82. The van der Waals surface area contributed by atoms with E-state index in [2.05, 4.69) is 15.9 Å². The number of rotatable bonds is 2. The van der Waals surface area contributed by atoms with Gasteiger partial charge in [-0.05, 0) is 12.1 Å². The van der Waals surface area contributed by atoms with E-state index in [0.29, 0.717) is 5.69 Å². The molecule has 0 atom stereocenters. The smallest absolute Gasteiger partial charge is 0.331 e. The summed E-state index contributed by atoms with van der Waals surface area (Å²) < 4.78 is 3.28. The van der Waals surface area contributed by atoms with Crippen LogP contribution in [0.1, 0.15) is 5.56 Å². The minimum absolute atomic E-state index is 0.152. The fourth-order valence-corrected chi connectivity index (χ4v) is 2.17. The van der Waals surface area contributed by atoms with E-state index in [0.717, 1.165) is 14.6 Å². The third-order valence-electron chi connectivity index (χ3n) is 2.71. The molecule has 0 bridgehead atoms. The lowest BCUT2D eigenvalue weighted by Gasteiger charge is -2.10. The van der Waals surface area contributed by atoms with Crippen LogP contribution in [0.25, 0.3) is 0 Å². The van der Waals surface area contributed by atoms with Crippen molar-refractivity contribution in [2.24, 2.45) is 7.05 Å². The van der Waals surface area contributed by atoms with Crippen LogP contribution >= 0.6 is 15.9 Å². The molecular weight excluding hydrogens is 298 g/mol. The van der Waals surface area contributed by atoms with Gasteiger partial charge in [0.25, 0.3) is 5.56 Å². The number of nitrogens with two attached hydrogens (primary N) is 1. The van der Waals surface area contributed by atoms with Gasteiger partial charge in [-0.15, -0.1) is 0 Å². The number of anilines is 1. The van der Waals surface area contributed by atoms with E-state index in [-0.39, 0.29) is 17.8 Å². The molecule has 2 aromatic rings. The number of aromatic nitrogens is 2. The second kappa shape index (κ2) is 4.81. The highest BCUT2D eigenvalue weighted by molar-refractivity contribution is 9.10. The topological polar surface area (TPSA) is 70.0 Å². The molecule has 1 aromatic carbocycles. The highest BCUT2D eigenvalue weighted by Crippen LogP contribution is 2.22. The van der Waals surface area contributed by atoms with Crippen LogP contribution in [0, 0.1) is 0 Å². The Labute approximate surface area is 112 Å². The molecule has 2 rings (SSSR count). The van der Waals surface area contributed by atoms with Gasteiger partial charge in [0.15, 0.2) is 0 Å². The van der Waals surface area contributed by atoms with Crippen molar-refractivity contribution in [2.45, 2.75) is 6.54 Å². The van der Waals surface area contributed by atoms with Crippen molar-refractivity contribution in [1.82, 2.24) is 9.13 Å². The fourth-order valence-electron chi connectivity index (χ4n) is 1.66. The van der Waals surface area contributed by atoms with Crippen molar-refractivity contribution < 1.29 is 0 Å². The molecule has 2 N–H and O–H groups in total. The lowest BCUT2D eigenvalue weighted by atomic mass is 10.2. The van der Waals surface area contributed by atoms with Gasteiger partial charge in [-0.2, -0.15) is 0 Å². The van der Waals surface area contributed by atoms with Crippen molar-refractivity contribution in [2.75, 3.05) is 5.73 Å². The van der Waals surface area contributed by atoms with Gasteiger partial charge in [-0.1, -0.05) is 22.0 Å². The lowest BCUT2D eigenvalue weighted by Crippen LogP contribution is -2.38. The van der Waals surface area contributed by atoms with Gasteiger partial charge < -0.3 is 10.3 Å². The van der Waals surface area contributed by atoms with E-state index in [4.69, 9.17) is 5.73 Å². The van der Waals surface area contributed by atoms with Crippen LogP contribution in [0.15, 0.2) is 44.5 Å². The molecule has 5 nitrogen and oxygen atoms in total. The largest absolute Gasteiger partial charge is 0.398 e. The number of hydrogen-bond acceptors (Lipinski definition) is 3. The molecule has 18 heavy (non-hydrogen) atoms. The first-order valence-electron chi connectivity index (χ1n) is 5.30. The summed E-state index contributed by atoms with van der Waals surface area (Å²) in [4.78, 5) is 23.6. The molecule has 0 amide bonds. The molecule has 94 valence electrons. The average molecular weight is 310 g/mol. The summed E-state index contributed by atoms with van der Waals surface area (Å²) in [6, 6.07) is 6.71. The summed E-state index contributed by atoms with van der Waals surface area (Å²) >= 11 is 3.37. The Morgan fingerprint density at radius 3 is 2.67 bits per heavy atom. The first kappa shape index (κ1) is 12.6. The maximum Gasteiger partial charge on any atom is 0.331 e. The second-order valence-electron chi connectivity index (χ2n) is 3.94. The Kier molecular flexibility index (Phi) is 3.38. The van der Waals surface area contributed by atoms with Gasteiger partial charge in [0.2, 0.25) is 0 Å². The molecule has 0 saturated carbocycles. The van der Waals surface area contributed by atoms with E-state index >= 15 is 0 Å². The van der Waals surface area contributed by atoms with E-state index in [1.165, 1.54) is 16.8 Å². The number of nitrogen functional groups attached to an aromatic ring is 1. The van der Waals surface area contributed by atoms with E-state index < -0.39 is 0 Å². The number of nitrogens with zero attached hydrogens (tertiary/aromatic N) is 2. The molecule has 6 heteroatoms. The number of benzene rings is 1. The summed E-state index contributed by atoms with van der Waals surface area (Å²) in [6.45, 7) is 0.152. The zero-order valence-corrected chi connectivity index (χ0v) is 11.3. The van der Waals surface area contributed by atoms with Crippen LogP contribution in [0.5, 0.6) is 0 Å². The van der Waals surface area contributed by atoms with Crippen molar-refractivity contribution >= 4 is 21.6 Å². The Morgan fingerprint density at radius 1 is 1.28 bits per heavy atom. The number of hydrogen-bond donors (Lipinski definition) is 1. The molecule has 0 spiro atoms. The van der Waals surface area contributed by atoms with Gasteiger partial charge >= 0.3 is 5.69 Å². The fraction of sp³-hybridized carbons (Fsp3) is 0.167. The zero-order chi connectivity index (χ0) is 13.3. The van der Waals surface area contributed by atoms with E-state index in [1.807, 2.05) is 6.07 Å². The average Bonchev–Trinajstić information content (AvgIpc) is 2.33. The van der Waals surface area contributed by atoms with Crippen LogP contribution in [0.4, 0.5) is 5.69 Å². The first-order valence-corrected chi connectivity index (χ1v) is 6.09. The first-order chi connectivity index (χ1) is 8.50. The number of halogens is 1. The summed E-state index contributed by atoms with van der Waals surface area (Å²) in [6.07, 6.45) is 1.45. The molecule has 0 aliphatic rings. The molecule has 1 aromatic heterocycles. The summed E-state index contributed by atoms with van der Waals surface area (Å²) in [7, 11) is 1.60. The van der Waals surface area contributed by atoms with Crippen LogP contribution < -0.4 is 17.0 Å². The summed E-state index contributed by atoms with van der Waals surface area (Å²) in [5.41, 5.74) is 6.42. The standard InChI is InChI=1S/C12H12BrN3O2/c1-15-6-5-11(17)16(12(15)18)7-8-9(13)3-2-4-10(8)14/h2-6H,7,14H2,1H3. The minimum atomic E-state index is -0.363. The van der Waals surface area contributed by atoms with E-state index in [9.17, 15) is 9.59 Å². The molecule has 0 aliphatic carbocycles. The minimum Gasteiger partial charge on any atom is -0.398 e. The SMILES string of the molecule is Cn1ccc(=O)n(Cc2c(N)cccc2Br)c1=O. The van der Waals surface area contributed by atoms with Crippen LogP contribution in [-0.2, 0) is 13.6 Å². The van der Waals surface area contributed by atoms with Crippen molar-refractivity contribution in [3.05, 3.63) is 61.3 Å². The highest BCUT2D eigenvalue weighted by Gasteiger charge is 2.09. The Morgan fingerprint density at radius 2 is 2.00 bits per heavy atom. The van der Waals surface area contributed by atoms with Gasteiger partial charge in [0.05, 0.1) is 6.54 Å². The summed E-state index contributed by atoms with van der Waals surface area (Å²) in [5, 5.41) is 0. The Balaban J connectivity index is 2.57. The monoisotopic (exact) mass is 309 g/mol. The third-order valence-corrected chi connectivity index (χ3v) is 3.45. The quantitative estimate of drug-likeness (QED) is 0.839. The predicted octanol–water partition coefficient (Wildman–Crippen LogP) is 0.940. The normalized spacial score (nSPS) is 10.6. The summed E-state index contributed by atoms with van der Waals surface area (Å²) in [5.74, 6) is 0. The van der Waals surface area contributed by atoms with Crippen LogP contribution in [0.3, 0.4) is 0 Å². The highest BCUT2D eigenvalue weighted by atomic mass is 79.9. The molecule has 1 heterocycles. The van der Waals surface area contributed by atoms with Crippen molar-refractivity contribution in [1.29, 1.82) is 0 Å². The predicted molar refractivity (Wildman–Crippen MR) is 73.6 cm³/mol. The van der Waals surface area contributed by atoms with Crippen molar-refractivity contribution in [3.63, 3.8) is 0 Å². The van der Waals surface area contributed by atoms with Gasteiger partial charge in [-0.3, -0.25) is 9.36 Å². The second-order valence-corrected chi connectivity index (χ2v) is 4.80. The molecule has 0 radical (unpaired) electrons. The molecule has 0 aliphatic heterocycles. The van der Waals surface area contributed by atoms with Gasteiger partial charge in [-0.25, -0.2) is 4.79 Å². The molecule has 0 saturated heterocycles. The number of aryl methyl sites for hydroxylation is 1. The van der Waals surface area contributed by atoms with Crippen molar-refractivity contribution in [3.8, 4) is 0 Å². The third kappa shape index (κ3) is 2.24. The maximum absolute atomic E-state index is 11.9. The molecular formula is C12H12BrN3O2. The van der Waals surface area contributed by atoms with Crippen LogP contribution in [-0.4, -0.2) is 9.13 Å². The van der Waals surface area contributed by atoms with Gasteiger partial charge in [0, 0.05) is 35.0 Å². The Bertz CT molecular complexity index is 683. The van der Waals surface area contributed by atoms with E-state index in [1.54, 1.807) is 19.2 Å². The molecule has 0 unspecified atom stereocenters. The zero-order valence-electron chi connectivity index (χ0n) is 9.76. The maximum atomic E-state index is 11.9. The van der Waals surface area contributed by atoms with Gasteiger partial charge in [0.1, 0.15) is 0 Å². The lowest BCUT2D eigenvalue weighted by molar-refractivity contribution is 0.639.